The van der Waals surface area contributed by atoms with Gasteiger partial charge in [0.05, 0.1) is 9.28 Å². The van der Waals surface area contributed by atoms with Crippen LogP contribution in [0.25, 0.3) is 0 Å². The molecule has 0 spiro atoms. The smallest absolute Gasteiger partial charge is 0.202 e. The second-order valence-electron chi connectivity index (χ2n) is 1.79. The van der Waals surface area contributed by atoms with Crippen LogP contribution < -0.4 is 5.73 Å². The van der Waals surface area contributed by atoms with E-state index in [-0.39, 0.29) is 17.3 Å². The number of nitrogens with two attached hydrogens (primary N) is 1. The van der Waals surface area contributed by atoms with Gasteiger partial charge in [0, 0.05) is 0 Å². The maximum Gasteiger partial charge on any atom is 0.202 e. The number of carbonyl (C=O) groups excluding carboxylic acids is 2. The zero-order valence-electron chi connectivity index (χ0n) is 4.93. The molecule has 1 aliphatic rings. The van der Waals surface area contributed by atoms with Crippen molar-refractivity contribution in [3.05, 3.63) is 21.4 Å². The van der Waals surface area contributed by atoms with E-state index in [1.807, 2.05) is 0 Å². The molecular weight excluding hydrogens is 245 g/mol. The van der Waals surface area contributed by atoms with Crippen LogP contribution in [-0.2, 0) is 9.59 Å². The highest BCUT2D eigenvalue weighted by molar-refractivity contribution is 14.1. The first-order valence-electron chi connectivity index (χ1n) is 2.55. The lowest BCUT2D eigenvalue weighted by Crippen LogP contribution is -2.17. The third-order valence-electron chi connectivity index (χ3n) is 1.10. The Bertz CT molecular complexity index is 239. The van der Waals surface area contributed by atoms with Crippen LogP contribution in [0, 0.1) is 0 Å². The van der Waals surface area contributed by atoms with E-state index >= 15 is 0 Å². The van der Waals surface area contributed by atoms with Gasteiger partial charge < -0.3 is 5.73 Å². The predicted octanol–water partition coefficient (Wildman–Crippen LogP) is 0.300. The van der Waals surface area contributed by atoms with E-state index in [1.165, 1.54) is 12.2 Å². The van der Waals surface area contributed by atoms with Crippen molar-refractivity contribution < 1.29 is 9.59 Å². The Balaban J connectivity index is 3.12. The summed E-state index contributed by atoms with van der Waals surface area (Å²) >= 11 is 1.76. The van der Waals surface area contributed by atoms with E-state index in [0.717, 1.165) is 0 Å². The maximum absolute atomic E-state index is 10.8. The van der Waals surface area contributed by atoms with E-state index in [1.54, 1.807) is 22.6 Å². The summed E-state index contributed by atoms with van der Waals surface area (Å²) in [5, 5.41) is 0. The lowest BCUT2D eigenvalue weighted by molar-refractivity contribution is -0.114. The van der Waals surface area contributed by atoms with Gasteiger partial charge in [-0.05, 0) is 34.7 Å². The van der Waals surface area contributed by atoms with Crippen molar-refractivity contribution in [2.45, 2.75) is 0 Å². The van der Waals surface area contributed by atoms with Crippen LogP contribution in [0.2, 0.25) is 0 Å². The maximum atomic E-state index is 10.8. The van der Waals surface area contributed by atoms with Gasteiger partial charge in [0.15, 0.2) is 5.78 Å². The first-order valence-corrected chi connectivity index (χ1v) is 3.63. The van der Waals surface area contributed by atoms with E-state index in [4.69, 9.17) is 5.73 Å². The number of halogens is 1. The van der Waals surface area contributed by atoms with Gasteiger partial charge in [0.2, 0.25) is 5.78 Å². The molecule has 10 heavy (non-hydrogen) atoms. The van der Waals surface area contributed by atoms with Crippen LogP contribution in [0.3, 0.4) is 0 Å². The second kappa shape index (κ2) is 2.53. The molecule has 0 unspecified atom stereocenters. The monoisotopic (exact) mass is 249 g/mol. The largest absolute Gasteiger partial charge is 0.395 e. The fourth-order valence-electron chi connectivity index (χ4n) is 0.555. The van der Waals surface area contributed by atoms with E-state index in [0.29, 0.717) is 3.58 Å². The highest BCUT2D eigenvalue weighted by Crippen LogP contribution is 2.15. The van der Waals surface area contributed by atoms with Crippen LogP contribution in [0.15, 0.2) is 21.4 Å². The Morgan fingerprint density at radius 3 is 2.20 bits per heavy atom. The predicted molar refractivity (Wildman–Crippen MR) is 44.4 cm³/mol. The van der Waals surface area contributed by atoms with Crippen molar-refractivity contribution in [3.63, 3.8) is 0 Å². The molecule has 0 saturated heterocycles. The Kier molecular flexibility index (Phi) is 1.89. The first kappa shape index (κ1) is 7.46. The molecule has 1 rings (SSSR count). The third-order valence-corrected chi connectivity index (χ3v) is 2.22. The molecule has 0 fully saturated rings. The molecule has 0 heterocycles. The number of carbonyl (C=O) groups is 2. The molecule has 0 aromatic rings. The molecule has 0 saturated carbocycles. The Morgan fingerprint density at radius 1 is 1.20 bits per heavy atom. The van der Waals surface area contributed by atoms with Crippen LogP contribution in [-0.4, -0.2) is 11.6 Å². The minimum atomic E-state index is -0.288. The van der Waals surface area contributed by atoms with Crippen molar-refractivity contribution in [1.82, 2.24) is 0 Å². The summed E-state index contributed by atoms with van der Waals surface area (Å²) in [5.74, 6) is -0.485. The quantitative estimate of drug-likeness (QED) is 0.496. The standard InChI is InChI=1S/C6H4INO2/c7-5-3(9)1-2-4(10)6(5)8/h1-2H,8H2. The molecule has 0 aliphatic heterocycles. The highest BCUT2D eigenvalue weighted by Gasteiger charge is 2.16. The first-order chi connectivity index (χ1) is 4.63. The molecule has 1 aliphatic carbocycles. The lowest BCUT2D eigenvalue weighted by atomic mass is 10.1. The summed E-state index contributed by atoms with van der Waals surface area (Å²) in [7, 11) is 0. The van der Waals surface area contributed by atoms with Crippen LogP contribution in [0.1, 0.15) is 0 Å². The summed E-state index contributed by atoms with van der Waals surface area (Å²) in [4.78, 5) is 21.5. The van der Waals surface area contributed by atoms with E-state index in [9.17, 15) is 9.59 Å². The van der Waals surface area contributed by atoms with Gasteiger partial charge >= 0.3 is 0 Å². The van der Waals surface area contributed by atoms with Gasteiger partial charge in [-0.1, -0.05) is 0 Å². The third kappa shape index (κ3) is 1.11. The molecule has 0 atom stereocenters. The molecule has 0 amide bonds. The van der Waals surface area contributed by atoms with Gasteiger partial charge in [-0.15, -0.1) is 0 Å². The number of rotatable bonds is 0. The minimum Gasteiger partial charge on any atom is -0.395 e. The second-order valence-corrected chi connectivity index (χ2v) is 2.87. The van der Waals surface area contributed by atoms with Gasteiger partial charge in [-0.2, -0.15) is 0 Å². The van der Waals surface area contributed by atoms with Crippen molar-refractivity contribution in [2.75, 3.05) is 0 Å². The molecule has 0 bridgehead atoms. The summed E-state index contributed by atoms with van der Waals surface area (Å²) in [5.41, 5.74) is 5.31. The van der Waals surface area contributed by atoms with Crippen LogP contribution in [0.4, 0.5) is 0 Å². The highest BCUT2D eigenvalue weighted by atomic mass is 127. The van der Waals surface area contributed by atoms with Crippen LogP contribution >= 0.6 is 22.6 Å². The van der Waals surface area contributed by atoms with Crippen molar-refractivity contribution in [2.24, 2.45) is 5.73 Å². The molecule has 4 heteroatoms. The molecule has 0 radical (unpaired) electrons. The molecule has 52 valence electrons. The van der Waals surface area contributed by atoms with Crippen molar-refractivity contribution in [1.29, 1.82) is 0 Å². The molecular formula is C6H4INO2. The van der Waals surface area contributed by atoms with Gasteiger partial charge in [0.1, 0.15) is 0 Å². The SMILES string of the molecule is NC1=C(I)C(=O)C=CC1=O. The van der Waals surface area contributed by atoms with Gasteiger partial charge in [0.25, 0.3) is 0 Å². The van der Waals surface area contributed by atoms with E-state index in [2.05, 4.69) is 0 Å². The number of hydrogen-bond donors (Lipinski definition) is 1. The van der Waals surface area contributed by atoms with Gasteiger partial charge in [-0.3, -0.25) is 9.59 Å². The topological polar surface area (TPSA) is 60.2 Å². The van der Waals surface area contributed by atoms with E-state index < -0.39 is 0 Å². The minimum absolute atomic E-state index is 0.0492. The summed E-state index contributed by atoms with van der Waals surface area (Å²) in [6.07, 6.45) is 2.40. The zero-order valence-corrected chi connectivity index (χ0v) is 7.08. The van der Waals surface area contributed by atoms with Gasteiger partial charge in [-0.25, -0.2) is 0 Å². The Labute approximate surface area is 71.1 Å². The van der Waals surface area contributed by atoms with Crippen molar-refractivity contribution >= 4 is 34.2 Å². The summed E-state index contributed by atoms with van der Waals surface area (Å²) in [6.45, 7) is 0. The molecule has 2 N–H and O–H groups in total. The average molecular weight is 249 g/mol. The normalized spacial score (nSPS) is 18.5. The summed E-state index contributed by atoms with van der Waals surface area (Å²) in [6, 6.07) is 0. The zero-order chi connectivity index (χ0) is 7.72. The number of ketones is 2. The molecule has 3 nitrogen and oxygen atoms in total. The van der Waals surface area contributed by atoms with Crippen molar-refractivity contribution in [3.8, 4) is 0 Å². The lowest BCUT2D eigenvalue weighted by Gasteiger charge is -2.03. The summed E-state index contributed by atoms with van der Waals surface area (Å²) < 4.78 is 0.310. The fraction of sp³-hybridized carbons (Fsp3) is 0. The number of allylic oxidation sites excluding steroid dienone is 3. The molecule has 0 aromatic heterocycles. The fourth-order valence-corrected chi connectivity index (χ4v) is 1.00. The Hall–Kier alpha value is -0.650. The molecule has 0 aromatic carbocycles. The Morgan fingerprint density at radius 2 is 1.70 bits per heavy atom. The average Bonchev–Trinajstić information content (AvgIpc) is 1.93. The number of hydrogen-bond acceptors (Lipinski definition) is 3. The van der Waals surface area contributed by atoms with Crippen LogP contribution in [0.5, 0.6) is 0 Å².